The number of esters is 1. The number of hydrogen-bond acceptors (Lipinski definition) is 7. The van der Waals surface area contributed by atoms with E-state index in [1.165, 1.54) is 30.5 Å². The maximum absolute atomic E-state index is 12.3. The van der Waals surface area contributed by atoms with Crippen molar-refractivity contribution in [3.63, 3.8) is 0 Å². The summed E-state index contributed by atoms with van der Waals surface area (Å²) in [5, 5.41) is 3.06. The monoisotopic (exact) mass is 391 g/mol. The molecule has 1 aromatic carbocycles. The van der Waals surface area contributed by atoms with Gasteiger partial charge in [-0.15, -0.1) is 0 Å². The summed E-state index contributed by atoms with van der Waals surface area (Å²) in [6, 6.07) is 8.45. The van der Waals surface area contributed by atoms with Gasteiger partial charge in [-0.3, -0.25) is 10.1 Å². The second kappa shape index (κ2) is 7.67. The summed E-state index contributed by atoms with van der Waals surface area (Å²) >= 11 is 7.15. The third-order valence-corrected chi connectivity index (χ3v) is 4.69. The lowest BCUT2D eigenvalue weighted by Crippen LogP contribution is -2.30. The first-order valence-corrected chi connectivity index (χ1v) is 8.74. The van der Waals surface area contributed by atoms with E-state index in [0.29, 0.717) is 10.9 Å². The lowest BCUT2D eigenvalue weighted by atomic mass is 10.3. The van der Waals surface area contributed by atoms with Crippen molar-refractivity contribution in [3.05, 3.63) is 47.2 Å². The van der Waals surface area contributed by atoms with E-state index in [0.717, 1.165) is 10.2 Å². The summed E-state index contributed by atoms with van der Waals surface area (Å²) in [6.45, 7) is 1.47. The van der Waals surface area contributed by atoms with Crippen LogP contribution in [0.25, 0.3) is 10.2 Å². The molecular formula is C17H14ClN3O4S. The molecule has 2 heterocycles. The SMILES string of the molecule is COc1ccc2nc(NC(=O)C(C)OC(=O)c3cccnc3Cl)sc2c1. The van der Waals surface area contributed by atoms with E-state index >= 15 is 0 Å². The van der Waals surface area contributed by atoms with Gasteiger partial charge < -0.3 is 9.47 Å². The van der Waals surface area contributed by atoms with E-state index in [2.05, 4.69) is 15.3 Å². The minimum Gasteiger partial charge on any atom is -0.497 e. The average Bonchev–Trinajstić information content (AvgIpc) is 3.02. The standard InChI is InChI=1S/C17H14ClN3O4S/c1-9(25-16(23)11-4-3-7-19-14(11)18)15(22)21-17-20-12-6-5-10(24-2)8-13(12)26-17/h3-9H,1-2H3,(H,20,21,22). The van der Waals surface area contributed by atoms with Gasteiger partial charge in [0.15, 0.2) is 11.2 Å². The fraction of sp³-hybridized carbons (Fsp3) is 0.176. The number of hydrogen-bond donors (Lipinski definition) is 1. The molecule has 1 N–H and O–H groups in total. The minimum atomic E-state index is -1.03. The zero-order chi connectivity index (χ0) is 18.7. The van der Waals surface area contributed by atoms with Gasteiger partial charge >= 0.3 is 5.97 Å². The lowest BCUT2D eigenvalue weighted by Gasteiger charge is -2.12. The van der Waals surface area contributed by atoms with Crippen molar-refractivity contribution in [1.82, 2.24) is 9.97 Å². The Balaban J connectivity index is 1.67. The highest BCUT2D eigenvalue weighted by molar-refractivity contribution is 7.22. The van der Waals surface area contributed by atoms with Crippen LogP contribution in [0.1, 0.15) is 17.3 Å². The zero-order valence-corrected chi connectivity index (χ0v) is 15.4. The van der Waals surface area contributed by atoms with Crippen molar-refractivity contribution < 1.29 is 19.1 Å². The number of fused-ring (bicyclic) bond motifs is 1. The Hall–Kier alpha value is -2.71. The van der Waals surface area contributed by atoms with Crippen molar-refractivity contribution in [2.75, 3.05) is 12.4 Å². The normalized spacial score (nSPS) is 11.8. The van der Waals surface area contributed by atoms with E-state index < -0.39 is 18.0 Å². The van der Waals surface area contributed by atoms with Crippen LogP contribution < -0.4 is 10.1 Å². The molecule has 26 heavy (non-hydrogen) atoms. The van der Waals surface area contributed by atoms with Crippen molar-refractivity contribution in [1.29, 1.82) is 0 Å². The summed E-state index contributed by atoms with van der Waals surface area (Å²) in [5.74, 6) is -0.515. The first-order valence-electron chi connectivity index (χ1n) is 7.55. The molecule has 0 saturated heterocycles. The number of nitrogens with one attached hydrogen (secondary N) is 1. The van der Waals surface area contributed by atoms with Crippen molar-refractivity contribution in [2.24, 2.45) is 0 Å². The highest BCUT2D eigenvalue weighted by Crippen LogP contribution is 2.29. The van der Waals surface area contributed by atoms with Gasteiger partial charge in [0.1, 0.15) is 10.9 Å². The van der Waals surface area contributed by atoms with Gasteiger partial charge in [-0.2, -0.15) is 0 Å². The van der Waals surface area contributed by atoms with Crippen LogP contribution in [0, 0.1) is 0 Å². The number of halogens is 1. The number of pyridine rings is 1. The summed E-state index contributed by atoms with van der Waals surface area (Å²) in [5.41, 5.74) is 0.832. The van der Waals surface area contributed by atoms with E-state index in [9.17, 15) is 9.59 Å². The first-order chi connectivity index (χ1) is 12.5. The predicted octanol–water partition coefficient (Wildman–Crippen LogP) is 3.54. The Morgan fingerprint density at radius 2 is 2.12 bits per heavy atom. The molecule has 0 aliphatic carbocycles. The first kappa shape index (κ1) is 18.1. The smallest absolute Gasteiger partial charge is 0.342 e. The third-order valence-electron chi connectivity index (χ3n) is 3.46. The molecule has 0 saturated carbocycles. The summed E-state index contributed by atoms with van der Waals surface area (Å²) in [4.78, 5) is 32.5. The van der Waals surface area contributed by atoms with Crippen LogP contribution >= 0.6 is 22.9 Å². The van der Waals surface area contributed by atoms with E-state index in [1.54, 1.807) is 25.3 Å². The topological polar surface area (TPSA) is 90.4 Å². The number of aromatic nitrogens is 2. The van der Waals surface area contributed by atoms with E-state index in [4.69, 9.17) is 21.1 Å². The molecule has 0 spiro atoms. The van der Waals surface area contributed by atoms with E-state index in [-0.39, 0.29) is 10.7 Å². The molecule has 0 aliphatic heterocycles. The molecule has 1 unspecified atom stereocenters. The largest absolute Gasteiger partial charge is 0.497 e. The maximum Gasteiger partial charge on any atom is 0.342 e. The van der Waals surface area contributed by atoms with Gasteiger partial charge in [0.05, 0.1) is 22.9 Å². The van der Waals surface area contributed by atoms with Crippen LogP contribution in [0.4, 0.5) is 5.13 Å². The molecule has 1 atom stereocenters. The van der Waals surface area contributed by atoms with Gasteiger partial charge in [-0.05, 0) is 37.3 Å². The number of benzene rings is 1. The Labute approximate surface area is 157 Å². The number of rotatable bonds is 5. The molecule has 7 nitrogen and oxygen atoms in total. The maximum atomic E-state index is 12.3. The lowest BCUT2D eigenvalue weighted by molar-refractivity contribution is -0.123. The van der Waals surface area contributed by atoms with Gasteiger partial charge in [0.25, 0.3) is 5.91 Å². The van der Waals surface area contributed by atoms with Crippen LogP contribution in [-0.4, -0.2) is 35.1 Å². The number of carbonyl (C=O) groups excluding carboxylic acids is 2. The molecule has 3 aromatic rings. The number of carbonyl (C=O) groups is 2. The molecule has 3 rings (SSSR count). The highest BCUT2D eigenvalue weighted by Gasteiger charge is 2.22. The van der Waals surface area contributed by atoms with Gasteiger partial charge in [0.2, 0.25) is 0 Å². The van der Waals surface area contributed by atoms with Crippen LogP contribution in [0.3, 0.4) is 0 Å². The summed E-state index contributed by atoms with van der Waals surface area (Å²) in [6.07, 6.45) is 0.428. The quantitative estimate of drug-likeness (QED) is 0.528. The second-order valence-electron chi connectivity index (χ2n) is 5.23. The molecule has 0 fully saturated rings. The highest BCUT2D eigenvalue weighted by atomic mass is 35.5. The number of anilines is 1. The molecular weight excluding hydrogens is 378 g/mol. The molecule has 9 heteroatoms. The molecule has 0 radical (unpaired) electrons. The number of ether oxygens (including phenoxy) is 2. The van der Waals surface area contributed by atoms with Crippen LogP contribution in [-0.2, 0) is 9.53 Å². The number of thiazole rings is 1. The molecule has 134 valence electrons. The van der Waals surface area contributed by atoms with Crippen molar-refractivity contribution in [3.8, 4) is 5.75 Å². The molecule has 2 aromatic heterocycles. The Kier molecular flexibility index (Phi) is 5.34. The number of amides is 1. The van der Waals surface area contributed by atoms with Crippen LogP contribution in [0.15, 0.2) is 36.5 Å². The number of methoxy groups -OCH3 is 1. The zero-order valence-electron chi connectivity index (χ0n) is 13.9. The van der Waals surface area contributed by atoms with Crippen LogP contribution in [0.2, 0.25) is 5.15 Å². The Morgan fingerprint density at radius 3 is 2.85 bits per heavy atom. The van der Waals surface area contributed by atoms with Crippen molar-refractivity contribution >= 4 is 50.2 Å². The van der Waals surface area contributed by atoms with Crippen LogP contribution in [0.5, 0.6) is 5.75 Å². The summed E-state index contributed by atoms with van der Waals surface area (Å²) in [7, 11) is 1.58. The fourth-order valence-corrected chi connectivity index (χ4v) is 3.20. The second-order valence-corrected chi connectivity index (χ2v) is 6.62. The third kappa shape index (κ3) is 3.92. The molecule has 1 amide bonds. The van der Waals surface area contributed by atoms with Crippen molar-refractivity contribution in [2.45, 2.75) is 13.0 Å². The molecule has 0 aliphatic rings. The average molecular weight is 392 g/mol. The molecule has 0 bridgehead atoms. The Morgan fingerprint density at radius 1 is 1.31 bits per heavy atom. The minimum absolute atomic E-state index is 0.0187. The predicted molar refractivity (Wildman–Crippen MR) is 98.9 cm³/mol. The van der Waals surface area contributed by atoms with Gasteiger partial charge in [-0.1, -0.05) is 22.9 Å². The van der Waals surface area contributed by atoms with Gasteiger partial charge in [0, 0.05) is 6.20 Å². The Bertz CT molecular complexity index is 976. The fourth-order valence-electron chi connectivity index (χ4n) is 2.11. The number of nitrogens with zero attached hydrogens (tertiary/aromatic N) is 2. The summed E-state index contributed by atoms with van der Waals surface area (Å²) < 4.78 is 11.2. The van der Waals surface area contributed by atoms with Gasteiger partial charge in [-0.25, -0.2) is 14.8 Å². The van der Waals surface area contributed by atoms with E-state index in [1.807, 2.05) is 6.07 Å².